The molecule has 1 aromatic rings. The van der Waals surface area contributed by atoms with Gasteiger partial charge in [-0.05, 0) is 44.2 Å². The van der Waals surface area contributed by atoms with Crippen LogP contribution >= 0.6 is 0 Å². The minimum Gasteiger partial charge on any atom is -0.299 e. The average molecular weight is 316 g/mol. The van der Waals surface area contributed by atoms with Gasteiger partial charge in [0.15, 0.2) is 0 Å². The minimum atomic E-state index is -0.714. The Hall–Kier alpha value is -2.03. The second kappa shape index (κ2) is 7.49. The summed E-state index contributed by atoms with van der Waals surface area (Å²) >= 11 is 0. The first-order chi connectivity index (χ1) is 10.9. The number of benzene rings is 1. The molecule has 2 atom stereocenters. The third-order valence-electron chi connectivity index (χ3n) is 4.32. The second-order valence-corrected chi connectivity index (χ2v) is 6.38. The maximum atomic E-state index is 13.4. The molecule has 3 heteroatoms. The van der Waals surface area contributed by atoms with Crippen molar-refractivity contribution in [2.45, 2.75) is 33.1 Å². The number of ketones is 1. The minimum absolute atomic E-state index is 0.00517. The maximum absolute atomic E-state index is 13.4. The lowest BCUT2D eigenvalue weighted by molar-refractivity contribution is -0.124. The number of hydrogen-bond acceptors (Lipinski definition) is 1. The Morgan fingerprint density at radius 1 is 1.30 bits per heavy atom. The molecule has 0 N–H and O–H groups in total. The van der Waals surface area contributed by atoms with Gasteiger partial charge in [-0.1, -0.05) is 42.5 Å². The van der Waals surface area contributed by atoms with Crippen LogP contribution in [0.3, 0.4) is 0 Å². The van der Waals surface area contributed by atoms with E-state index in [1.807, 2.05) is 49.4 Å². The standard InChI is InChI=1S/C20H22F2O/c1-15(23)20(2,10-6-9-16-7-4-3-5-8-16)14-17-11-18(21)13-19(22)12-17/h3-8,10-11,13,17H,9,12,14H2,1-2H3/b10-6+. The van der Waals surface area contributed by atoms with E-state index >= 15 is 0 Å². The number of hydrogen-bond donors (Lipinski definition) is 0. The van der Waals surface area contributed by atoms with Gasteiger partial charge in [0, 0.05) is 17.9 Å². The Morgan fingerprint density at radius 3 is 2.61 bits per heavy atom. The summed E-state index contributed by atoms with van der Waals surface area (Å²) in [4.78, 5) is 12.1. The molecule has 0 saturated heterocycles. The van der Waals surface area contributed by atoms with Crippen LogP contribution in [0.4, 0.5) is 8.78 Å². The molecule has 0 aromatic heterocycles. The normalized spacial score (nSPS) is 20.8. The molecule has 1 aliphatic rings. The quantitative estimate of drug-likeness (QED) is 0.634. The predicted octanol–water partition coefficient (Wildman–Crippen LogP) is 5.50. The van der Waals surface area contributed by atoms with Crippen LogP contribution in [0.1, 0.15) is 32.3 Å². The molecule has 0 amide bonds. The van der Waals surface area contributed by atoms with E-state index in [0.717, 1.165) is 18.1 Å². The zero-order valence-electron chi connectivity index (χ0n) is 13.6. The first-order valence-corrected chi connectivity index (χ1v) is 7.85. The molecule has 0 bridgehead atoms. The second-order valence-electron chi connectivity index (χ2n) is 6.38. The molecule has 2 rings (SSSR count). The van der Waals surface area contributed by atoms with Crippen molar-refractivity contribution in [1.29, 1.82) is 0 Å². The van der Waals surface area contributed by atoms with Crippen molar-refractivity contribution in [2.24, 2.45) is 11.3 Å². The Labute approximate surface area is 136 Å². The summed E-state index contributed by atoms with van der Waals surface area (Å²) in [6, 6.07) is 9.94. The molecule has 0 heterocycles. The zero-order chi connectivity index (χ0) is 16.9. The van der Waals surface area contributed by atoms with Crippen molar-refractivity contribution < 1.29 is 13.6 Å². The molecule has 2 unspecified atom stereocenters. The van der Waals surface area contributed by atoms with Crippen LogP contribution < -0.4 is 0 Å². The largest absolute Gasteiger partial charge is 0.299 e. The van der Waals surface area contributed by atoms with Crippen LogP contribution in [0.5, 0.6) is 0 Å². The number of allylic oxidation sites excluding steroid dienone is 6. The van der Waals surface area contributed by atoms with Crippen molar-refractivity contribution in [3.05, 3.63) is 71.9 Å². The van der Waals surface area contributed by atoms with Crippen LogP contribution in [0.2, 0.25) is 0 Å². The lowest BCUT2D eigenvalue weighted by Gasteiger charge is -2.28. The van der Waals surface area contributed by atoms with E-state index in [4.69, 9.17) is 0 Å². The van der Waals surface area contributed by atoms with Gasteiger partial charge in [-0.2, -0.15) is 0 Å². The van der Waals surface area contributed by atoms with E-state index in [9.17, 15) is 13.6 Å². The Kier molecular flexibility index (Phi) is 5.64. The van der Waals surface area contributed by atoms with Crippen molar-refractivity contribution in [3.63, 3.8) is 0 Å². The van der Waals surface area contributed by atoms with Gasteiger partial charge >= 0.3 is 0 Å². The molecule has 1 aromatic carbocycles. The van der Waals surface area contributed by atoms with Crippen LogP contribution in [-0.4, -0.2) is 5.78 Å². The monoisotopic (exact) mass is 316 g/mol. The summed E-state index contributed by atoms with van der Waals surface area (Å²) in [6.07, 6.45) is 7.45. The summed E-state index contributed by atoms with van der Waals surface area (Å²) in [7, 11) is 0. The van der Waals surface area contributed by atoms with Gasteiger partial charge in [0.1, 0.15) is 17.4 Å². The van der Waals surface area contributed by atoms with Crippen LogP contribution in [0, 0.1) is 11.3 Å². The summed E-state index contributed by atoms with van der Waals surface area (Å²) in [5.74, 6) is -1.31. The van der Waals surface area contributed by atoms with Crippen molar-refractivity contribution in [1.82, 2.24) is 0 Å². The number of halogens is 2. The van der Waals surface area contributed by atoms with E-state index in [0.29, 0.717) is 6.42 Å². The molecule has 0 aliphatic heterocycles. The maximum Gasteiger partial charge on any atom is 0.139 e. The number of Topliss-reactive ketones (excluding diaryl/α,β-unsaturated/α-hetero) is 1. The van der Waals surface area contributed by atoms with Gasteiger partial charge in [-0.15, -0.1) is 0 Å². The van der Waals surface area contributed by atoms with Crippen molar-refractivity contribution in [3.8, 4) is 0 Å². The van der Waals surface area contributed by atoms with Gasteiger partial charge < -0.3 is 0 Å². The smallest absolute Gasteiger partial charge is 0.139 e. The molecule has 122 valence electrons. The molecule has 0 saturated carbocycles. The topological polar surface area (TPSA) is 17.1 Å². The Morgan fingerprint density at radius 2 is 2.00 bits per heavy atom. The number of carbonyl (C=O) groups excluding carboxylic acids is 1. The third kappa shape index (κ3) is 4.98. The van der Waals surface area contributed by atoms with E-state index < -0.39 is 17.1 Å². The van der Waals surface area contributed by atoms with Gasteiger partial charge in [0.2, 0.25) is 0 Å². The van der Waals surface area contributed by atoms with E-state index in [2.05, 4.69) is 0 Å². The van der Waals surface area contributed by atoms with Crippen molar-refractivity contribution in [2.75, 3.05) is 0 Å². The highest BCUT2D eigenvalue weighted by atomic mass is 19.1. The molecule has 0 radical (unpaired) electrons. The molecule has 0 fully saturated rings. The first kappa shape index (κ1) is 17.3. The third-order valence-corrected chi connectivity index (χ3v) is 4.32. The summed E-state index contributed by atoms with van der Waals surface area (Å²) < 4.78 is 26.8. The fourth-order valence-corrected chi connectivity index (χ4v) is 2.87. The highest BCUT2D eigenvalue weighted by Crippen LogP contribution is 2.36. The fraction of sp³-hybridized carbons (Fsp3) is 0.350. The number of rotatable bonds is 6. The van der Waals surface area contributed by atoms with Crippen LogP contribution in [-0.2, 0) is 11.2 Å². The van der Waals surface area contributed by atoms with E-state index in [1.54, 1.807) is 0 Å². The highest BCUT2D eigenvalue weighted by molar-refractivity contribution is 5.84. The van der Waals surface area contributed by atoms with E-state index in [-0.39, 0.29) is 18.1 Å². The first-order valence-electron chi connectivity index (χ1n) is 7.85. The summed E-state index contributed by atoms with van der Waals surface area (Å²) in [6.45, 7) is 3.36. The molecule has 1 nitrogen and oxygen atoms in total. The molecule has 1 aliphatic carbocycles. The van der Waals surface area contributed by atoms with Gasteiger partial charge in [-0.25, -0.2) is 8.78 Å². The lowest BCUT2D eigenvalue weighted by atomic mass is 9.75. The van der Waals surface area contributed by atoms with Crippen LogP contribution in [0.25, 0.3) is 0 Å². The summed E-state index contributed by atoms with van der Waals surface area (Å²) in [5, 5.41) is 0. The highest BCUT2D eigenvalue weighted by Gasteiger charge is 2.31. The van der Waals surface area contributed by atoms with Crippen LogP contribution in [0.15, 0.2) is 66.3 Å². The van der Waals surface area contributed by atoms with Gasteiger partial charge in [-0.3, -0.25) is 4.79 Å². The molecular formula is C20H22F2O. The number of carbonyl (C=O) groups is 1. The fourth-order valence-electron chi connectivity index (χ4n) is 2.87. The Bertz CT molecular complexity index is 643. The lowest BCUT2D eigenvalue weighted by Crippen LogP contribution is -2.26. The van der Waals surface area contributed by atoms with Gasteiger partial charge in [0.25, 0.3) is 0 Å². The Balaban J connectivity index is 2.07. The van der Waals surface area contributed by atoms with Crippen molar-refractivity contribution >= 4 is 5.78 Å². The zero-order valence-corrected chi connectivity index (χ0v) is 13.6. The molecular weight excluding hydrogens is 294 g/mol. The predicted molar refractivity (Wildman–Crippen MR) is 89.2 cm³/mol. The molecule has 0 spiro atoms. The summed E-state index contributed by atoms with van der Waals surface area (Å²) in [5.41, 5.74) is 0.445. The van der Waals surface area contributed by atoms with Gasteiger partial charge in [0.05, 0.1) is 0 Å². The average Bonchev–Trinajstić information content (AvgIpc) is 2.47. The van der Waals surface area contributed by atoms with E-state index in [1.165, 1.54) is 13.0 Å². The SMILES string of the molecule is CC(=O)C(C)(/C=C/Cc1ccccc1)CC1C=C(F)C=C(F)C1. The molecule has 23 heavy (non-hydrogen) atoms.